The van der Waals surface area contributed by atoms with Crippen molar-refractivity contribution in [2.24, 2.45) is 0 Å². The molecule has 4 heteroatoms. The molecule has 4 nitrogen and oxygen atoms in total. The van der Waals surface area contributed by atoms with Crippen molar-refractivity contribution in [1.82, 2.24) is 4.57 Å². The van der Waals surface area contributed by atoms with Gasteiger partial charge in [-0.2, -0.15) is 0 Å². The third-order valence-corrected chi connectivity index (χ3v) is 2.37. The second-order valence-corrected chi connectivity index (χ2v) is 3.72. The van der Waals surface area contributed by atoms with E-state index in [0.29, 0.717) is 6.61 Å². The van der Waals surface area contributed by atoms with Gasteiger partial charge in [0.25, 0.3) is 5.56 Å². The normalized spacial score (nSPS) is 12.2. The summed E-state index contributed by atoms with van der Waals surface area (Å²) in [5, 5.41) is 0. The Balaban J connectivity index is 2.92. The van der Waals surface area contributed by atoms with Crippen molar-refractivity contribution < 1.29 is 9.53 Å². The molecule has 0 saturated heterocycles. The molecule has 0 radical (unpaired) electrons. The van der Waals surface area contributed by atoms with Crippen LogP contribution < -0.4 is 5.56 Å². The molecule has 0 fully saturated rings. The quantitative estimate of drug-likeness (QED) is 0.729. The van der Waals surface area contributed by atoms with Crippen LogP contribution in [0.15, 0.2) is 23.0 Å². The van der Waals surface area contributed by atoms with Crippen molar-refractivity contribution in [1.29, 1.82) is 0 Å². The van der Waals surface area contributed by atoms with E-state index in [9.17, 15) is 9.59 Å². The van der Waals surface area contributed by atoms with Crippen LogP contribution in [0.1, 0.15) is 32.0 Å². The standard InChI is InChI=1S/C12H17NO3/c1-4-8-16-12(15)10(3)13-9(2)6-5-7-11(13)14/h5-7,10H,4,8H2,1-3H3. The van der Waals surface area contributed by atoms with Crippen molar-refractivity contribution in [3.63, 3.8) is 0 Å². The number of carbonyl (C=O) groups excluding carboxylic acids is 1. The lowest BCUT2D eigenvalue weighted by Gasteiger charge is -2.16. The summed E-state index contributed by atoms with van der Waals surface area (Å²) in [6.45, 7) is 5.79. The Morgan fingerprint density at radius 2 is 2.19 bits per heavy atom. The van der Waals surface area contributed by atoms with E-state index < -0.39 is 6.04 Å². The number of ether oxygens (including phenoxy) is 1. The number of hydrogen-bond acceptors (Lipinski definition) is 3. The van der Waals surface area contributed by atoms with Crippen LogP contribution in [0.4, 0.5) is 0 Å². The molecule has 1 unspecified atom stereocenters. The van der Waals surface area contributed by atoms with E-state index in [1.807, 2.05) is 6.92 Å². The number of nitrogens with zero attached hydrogens (tertiary/aromatic N) is 1. The zero-order valence-electron chi connectivity index (χ0n) is 9.90. The molecule has 0 aliphatic carbocycles. The van der Waals surface area contributed by atoms with Crippen molar-refractivity contribution in [3.8, 4) is 0 Å². The van der Waals surface area contributed by atoms with Crippen LogP contribution in [-0.2, 0) is 9.53 Å². The van der Waals surface area contributed by atoms with Crippen LogP contribution in [-0.4, -0.2) is 17.1 Å². The SMILES string of the molecule is CCCOC(=O)C(C)n1c(C)cccc1=O. The van der Waals surface area contributed by atoms with Gasteiger partial charge in [0.1, 0.15) is 6.04 Å². The lowest BCUT2D eigenvalue weighted by atomic mass is 10.2. The molecule has 1 rings (SSSR count). The molecular formula is C12H17NO3. The van der Waals surface area contributed by atoms with E-state index in [4.69, 9.17) is 4.74 Å². The highest BCUT2D eigenvalue weighted by molar-refractivity contribution is 5.73. The first-order valence-electron chi connectivity index (χ1n) is 5.42. The van der Waals surface area contributed by atoms with Crippen molar-refractivity contribution in [2.45, 2.75) is 33.2 Å². The molecule has 0 bridgehead atoms. The molecule has 1 atom stereocenters. The first-order valence-corrected chi connectivity index (χ1v) is 5.42. The minimum absolute atomic E-state index is 0.180. The lowest BCUT2D eigenvalue weighted by molar-refractivity contribution is -0.147. The fraction of sp³-hybridized carbons (Fsp3) is 0.500. The van der Waals surface area contributed by atoms with Gasteiger partial charge in [0.15, 0.2) is 0 Å². The predicted molar refractivity (Wildman–Crippen MR) is 61.4 cm³/mol. The maximum Gasteiger partial charge on any atom is 0.328 e. The lowest BCUT2D eigenvalue weighted by Crippen LogP contribution is -2.30. The topological polar surface area (TPSA) is 48.3 Å². The molecule has 0 N–H and O–H groups in total. The van der Waals surface area contributed by atoms with Gasteiger partial charge in [-0.3, -0.25) is 9.36 Å². The Hall–Kier alpha value is -1.58. The molecule has 0 aliphatic rings. The summed E-state index contributed by atoms with van der Waals surface area (Å²) in [6, 6.07) is 4.35. The average Bonchev–Trinajstić information content (AvgIpc) is 2.25. The van der Waals surface area contributed by atoms with Gasteiger partial charge in [0.2, 0.25) is 0 Å². The van der Waals surface area contributed by atoms with Crippen LogP contribution in [0.3, 0.4) is 0 Å². The zero-order valence-corrected chi connectivity index (χ0v) is 9.90. The summed E-state index contributed by atoms with van der Waals surface area (Å²) in [5.74, 6) is -0.363. The molecule has 0 amide bonds. The molecule has 1 heterocycles. The summed E-state index contributed by atoms with van der Waals surface area (Å²) < 4.78 is 6.46. The van der Waals surface area contributed by atoms with E-state index in [0.717, 1.165) is 12.1 Å². The third kappa shape index (κ3) is 2.72. The van der Waals surface area contributed by atoms with Crippen LogP contribution >= 0.6 is 0 Å². The number of esters is 1. The van der Waals surface area contributed by atoms with E-state index >= 15 is 0 Å². The van der Waals surface area contributed by atoms with E-state index in [2.05, 4.69) is 0 Å². The number of aromatic nitrogens is 1. The number of carbonyl (C=O) groups is 1. The predicted octanol–water partition coefficient (Wildman–Crippen LogP) is 1.67. The first-order chi connectivity index (χ1) is 7.57. The van der Waals surface area contributed by atoms with Gasteiger partial charge in [-0.1, -0.05) is 13.0 Å². The Morgan fingerprint density at radius 3 is 2.75 bits per heavy atom. The average molecular weight is 223 g/mol. The maximum absolute atomic E-state index is 11.6. The maximum atomic E-state index is 11.6. The van der Waals surface area contributed by atoms with E-state index in [1.165, 1.54) is 10.6 Å². The smallest absolute Gasteiger partial charge is 0.328 e. The number of pyridine rings is 1. The van der Waals surface area contributed by atoms with Crippen LogP contribution in [0.5, 0.6) is 0 Å². The van der Waals surface area contributed by atoms with Crippen molar-refractivity contribution >= 4 is 5.97 Å². The highest BCUT2D eigenvalue weighted by Gasteiger charge is 2.18. The summed E-state index contributed by atoms with van der Waals surface area (Å²) in [7, 11) is 0. The fourth-order valence-electron chi connectivity index (χ4n) is 1.53. The number of aryl methyl sites for hydroxylation is 1. The minimum atomic E-state index is -0.569. The number of rotatable bonds is 4. The van der Waals surface area contributed by atoms with E-state index in [1.54, 1.807) is 26.0 Å². The van der Waals surface area contributed by atoms with Crippen LogP contribution in [0.25, 0.3) is 0 Å². The number of hydrogen-bond donors (Lipinski definition) is 0. The fourth-order valence-corrected chi connectivity index (χ4v) is 1.53. The van der Waals surface area contributed by atoms with Gasteiger partial charge in [-0.15, -0.1) is 0 Å². The van der Waals surface area contributed by atoms with Gasteiger partial charge in [-0.25, -0.2) is 4.79 Å². The van der Waals surface area contributed by atoms with E-state index in [-0.39, 0.29) is 11.5 Å². The first kappa shape index (κ1) is 12.5. The molecule has 0 spiro atoms. The van der Waals surface area contributed by atoms with Crippen LogP contribution in [0, 0.1) is 6.92 Å². The summed E-state index contributed by atoms with van der Waals surface area (Å²) in [5.41, 5.74) is 0.578. The Morgan fingerprint density at radius 1 is 1.50 bits per heavy atom. The van der Waals surface area contributed by atoms with Gasteiger partial charge in [0.05, 0.1) is 6.61 Å². The summed E-state index contributed by atoms with van der Waals surface area (Å²) in [4.78, 5) is 23.2. The molecule has 1 aromatic rings. The Kier molecular flexibility index (Phi) is 4.28. The molecular weight excluding hydrogens is 206 g/mol. The highest BCUT2D eigenvalue weighted by atomic mass is 16.5. The molecule has 0 saturated carbocycles. The second-order valence-electron chi connectivity index (χ2n) is 3.72. The molecule has 88 valence electrons. The second kappa shape index (κ2) is 5.49. The molecule has 16 heavy (non-hydrogen) atoms. The largest absolute Gasteiger partial charge is 0.464 e. The van der Waals surface area contributed by atoms with Crippen molar-refractivity contribution in [2.75, 3.05) is 6.61 Å². The van der Waals surface area contributed by atoms with Gasteiger partial charge < -0.3 is 4.74 Å². The zero-order chi connectivity index (χ0) is 12.1. The molecule has 0 aromatic carbocycles. The van der Waals surface area contributed by atoms with Crippen molar-refractivity contribution in [3.05, 3.63) is 34.2 Å². The van der Waals surface area contributed by atoms with Gasteiger partial charge in [0, 0.05) is 11.8 Å². The Labute approximate surface area is 94.9 Å². The highest BCUT2D eigenvalue weighted by Crippen LogP contribution is 2.08. The Bertz CT molecular complexity index is 423. The van der Waals surface area contributed by atoms with Gasteiger partial charge >= 0.3 is 5.97 Å². The van der Waals surface area contributed by atoms with Gasteiger partial charge in [-0.05, 0) is 26.3 Å². The summed E-state index contributed by atoms with van der Waals surface area (Å²) in [6.07, 6.45) is 0.779. The van der Waals surface area contributed by atoms with Crippen LogP contribution in [0.2, 0.25) is 0 Å². The molecule has 1 aromatic heterocycles. The minimum Gasteiger partial charge on any atom is -0.464 e. The monoisotopic (exact) mass is 223 g/mol. The molecule has 0 aliphatic heterocycles. The third-order valence-electron chi connectivity index (χ3n) is 2.37. The summed E-state index contributed by atoms with van der Waals surface area (Å²) >= 11 is 0.